The van der Waals surface area contributed by atoms with E-state index < -0.39 is 0 Å². The zero-order chi connectivity index (χ0) is 14.9. The maximum atomic E-state index is 12.6. The van der Waals surface area contributed by atoms with Crippen LogP contribution in [0.4, 0.5) is 0 Å². The number of likely N-dealkylation sites (tertiary alicyclic amines) is 1. The summed E-state index contributed by atoms with van der Waals surface area (Å²) in [4.78, 5) is 19.2. The number of hydrogen-bond donors (Lipinski definition) is 2. The number of amides is 1. The van der Waals surface area contributed by atoms with E-state index in [-0.39, 0.29) is 11.3 Å². The Morgan fingerprint density at radius 1 is 1.62 bits per heavy atom. The minimum atomic E-state index is -0.220. The van der Waals surface area contributed by atoms with Crippen molar-refractivity contribution in [2.45, 2.75) is 5.16 Å². The lowest BCUT2D eigenvalue weighted by Gasteiger charge is -2.26. The van der Waals surface area contributed by atoms with E-state index in [0.29, 0.717) is 12.5 Å². The van der Waals surface area contributed by atoms with Crippen molar-refractivity contribution in [3.8, 4) is 0 Å². The zero-order valence-electron chi connectivity index (χ0n) is 12.6. The lowest BCUT2D eigenvalue weighted by atomic mass is 9.80. The van der Waals surface area contributed by atoms with E-state index in [0.717, 1.165) is 37.1 Å². The Morgan fingerprint density at radius 2 is 2.48 bits per heavy atom. The number of imidazole rings is 1. The fourth-order valence-electron chi connectivity index (χ4n) is 3.47. The third-order valence-electron chi connectivity index (χ3n) is 4.54. The Kier molecular flexibility index (Phi) is 4.24. The molecule has 1 amide bonds. The van der Waals surface area contributed by atoms with Gasteiger partial charge in [-0.25, -0.2) is 4.98 Å². The summed E-state index contributed by atoms with van der Waals surface area (Å²) < 4.78 is 1.99. The maximum absolute atomic E-state index is 12.6. The normalized spacial score (nSPS) is 28.8. The molecule has 2 atom stereocenters. The molecule has 0 aromatic carbocycles. The first-order valence-electron chi connectivity index (χ1n) is 7.39. The first kappa shape index (κ1) is 14.9. The van der Waals surface area contributed by atoms with Crippen molar-refractivity contribution >= 4 is 17.7 Å². The number of fused-ring (bicyclic) bond motifs is 1. The third kappa shape index (κ3) is 2.82. The van der Waals surface area contributed by atoms with Crippen molar-refractivity contribution in [1.29, 1.82) is 0 Å². The number of hydrogen-bond acceptors (Lipinski definition) is 5. The Morgan fingerprint density at radius 3 is 3.24 bits per heavy atom. The van der Waals surface area contributed by atoms with Gasteiger partial charge in [0.05, 0.1) is 5.41 Å². The maximum Gasteiger partial charge on any atom is 0.229 e. The lowest BCUT2D eigenvalue weighted by molar-refractivity contribution is -0.130. The van der Waals surface area contributed by atoms with E-state index in [2.05, 4.69) is 27.6 Å². The van der Waals surface area contributed by atoms with Gasteiger partial charge in [0.15, 0.2) is 5.16 Å². The Hall–Kier alpha value is -1.05. The number of aryl methyl sites for hydroxylation is 1. The summed E-state index contributed by atoms with van der Waals surface area (Å²) in [6, 6.07) is 0. The van der Waals surface area contributed by atoms with Gasteiger partial charge in [0.2, 0.25) is 5.91 Å². The summed E-state index contributed by atoms with van der Waals surface area (Å²) in [5.74, 6) is 1.51. The van der Waals surface area contributed by atoms with Crippen LogP contribution in [0.5, 0.6) is 0 Å². The summed E-state index contributed by atoms with van der Waals surface area (Å²) in [5.41, 5.74) is -0.220. The van der Waals surface area contributed by atoms with Crippen LogP contribution in [0.3, 0.4) is 0 Å². The molecule has 2 N–H and O–H groups in total. The van der Waals surface area contributed by atoms with Gasteiger partial charge >= 0.3 is 0 Å². The minimum absolute atomic E-state index is 0.210. The van der Waals surface area contributed by atoms with Gasteiger partial charge in [-0.05, 0) is 7.05 Å². The van der Waals surface area contributed by atoms with Gasteiger partial charge in [0, 0.05) is 63.8 Å². The molecule has 2 saturated heterocycles. The molecule has 2 fully saturated rings. The molecule has 0 spiro atoms. The number of carbonyl (C=O) groups is 1. The predicted molar refractivity (Wildman–Crippen MR) is 83.2 cm³/mol. The molecule has 0 unspecified atom stereocenters. The number of nitrogens with one attached hydrogen (secondary N) is 2. The van der Waals surface area contributed by atoms with Gasteiger partial charge in [0.25, 0.3) is 0 Å². The van der Waals surface area contributed by atoms with Crippen LogP contribution in [-0.2, 0) is 11.8 Å². The van der Waals surface area contributed by atoms with Crippen LogP contribution in [0.15, 0.2) is 17.6 Å². The van der Waals surface area contributed by atoms with Gasteiger partial charge in [-0.1, -0.05) is 11.8 Å². The molecule has 21 heavy (non-hydrogen) atoms. The first-order valence-corrected chi connectivity index (χ1v) is 8.38. The number of rotatable bonds is 5. The average Bonchev–Trinajstić information content (AvgIpc) is 3.09. The molecule has 0 radical (unpaired) electrons. The molecule has 0 saturated carbocycles. The van der Waals surface area contributed by atoms with Crippen molar-refractivity contribution in [3.05, 3.63) is 12.4 Å². The van der Waals surface area contributed by atoms with Crippen molar-refractivity contribution in [3.63, 3.8) is 0 Å². The highest BCUT2D eigenvalue weighted by Crippen LogP contribution is 2.38. The van der Waals surface area contributed by atoms with Crippen LogP contribution in [-0.4, -0.2) is 65.9 Å². The van der Waals surface area contributed by atoms with Crippen molar-refractivity contribution in [1.82, 2.24) is 25.1 Å². The summed E-state index contributed by atoms with van der Waals surface area (Å²) in [6.07, 6.45) is 3.73. The van der Waals surface area contributed by atoms with Gasteiger partial charge in [-0.15, -0.1) is 0 Å². The molecular weight excluding hydrogens is 286 g/mol. The SMILES string of the molecule is CN1C[C@H]2CNC[C@@]2(C(=O)NCCSc2nccn2C)C1. The van der Waals surface area contributed by atoms with Gasteiger partial charge in [-0.2, -0.15) is 0 Å². The first-order chi connectivity index (χ1) is 10.1. The molecule has 2 aliphatic rings. The highest BCUT2D eigenvalue weighted by molar-refractivity contribution is 7.99. The summed E-state index contributed by atoms with van der Waals surface area (Å²) in [7, 11) is 4.08. The molecule has 0 aliphatic carbocycles. The standard InChI is InChI=1S/C14H23N5OS/c1-18-8-11-7-15-9-14(11,10-18)12(20)16-4-6-21-13-17-3-5-19(13)2/h3,5,11,15H,4,6-10H2,1-2H3,(H,16,20)/t11-,14-/m1/s1. The predicted octanol–water partition coefficient (Wildman–Crippen LogP) is -0.220. The fraction of sp³-hybridized carbons (Fsp3) is 0.714. The molecule has 0 bridgehead atoms. The quantitative estimate of drug-likeness (QED) is 0.582. The van der Waals surface area contributed by atoms with E-state index in [9.17, 15) is 4.79 Å². The third-order valence-corrected chi connectivity index (χ3v) is 5.60. The van der Waals surface area contributed by atoms with Crippen LogP contribution in [0.1, 0.15) is 0 Å². The summed E-state index contributed by atoms with van der Waals surface area (Å²) >= 11 is 1.67. The van der Waals surface area contributed by atoms with Crippen molar-refractivity contribution in [2.24, 2.45) is 18.4 Å². The highest BCUT2D eigenvalue weighted by Gasteiger charge is 2.53. The van der Waals surface area contributed by atoms with E-state index in [4.69, 9.17) is 0 Å². The monoisotopic (exact) mass is 309 g/mol. The lowest BCUT2D eigenvalue weighted by Crippen LogP contribution is -2.47. The molecule has 1 aromatic heterocycles. The number of nitrogens with zero attached hydrogens (tertiary/aromatic N) is 3. The summed E-state index contributed by atoms with van der Waals surface area (Å²) in [6.45, 7) is 4.33. The molecule has 7 heteroatoms. The van der Waals surface area contributed by atoms with E-state index >= 15 is 0 Å². The topological polar surface area (TPSA) is 62.2 Å². The van der Waals surface area contributed by atoms with E-state index in [1.165, 1.54) is 0 Å². The molecule has 1 aromatic rings. The average molecular weight is 309 g/mol. The van der Waals surface area contributed by atoms with Gasteiger partial charge in [0.1, 0.15) is 0 Å². The number of carbonyl (C=O) groups excluding carboxylic acids is 1. The van der Waals surface area contributed by atoms with Crippen molar-refractivity contribution in [2.75, 3.05) is 45.5 Å². The van der Waals surface area contributed by atoms with Crippen LogP contribution in [0.25, 0.3) is 0 Å². The van der Waals surface area contributed by atoms with Crippen LogP contribution >= 0.6 is 11.8 Å². The Balaban J connectivity index is 1.49. The van der Waals surface area contributed by atoms with Crippen LogP contribution in [0.2, 0.25) is 0 Å². The molecule has 2 aliphatic heterocycles. The second-order valence-corrected chi connectivity index (χ2v) is 7.17. The Labute approximate surface area is 129 Å². The summed E-state index contributed by atoms with van der Waals surface area (Å²) in [5, 5.41) is 7.50. The molecule has 6 nitrogen and oxygen atoms in total. The highest BCUT2D eigenvalue weighted by atomic mass is 32.2. The van der Waals surface area contributed by atoms with Crippen LogP contribution in [0, 0.1) is 11.3 Å². The molecular formula is C14H23N5OS. The minimum Gasteiger partial charge on any atom is -0.355 e. The van der Waals surface area contributed by atoms with Gasteiger partial charge in [-0.3, -0.25) is 4.79 Å². The van der Waals surface area contributed by atoms with Crippen molar-refractivity contribution < 1.29 is 4.79 Å². The Bertz CT molecular complexity index is 519. The zero-order valence-corrected chi connectivity index (χ0v) is 13.4. The number of thioether (sulfide) groups is 1. The largest absolute Gasteiger partial charge is 0.355 e. The molecule has 3 rings (SSSR count). The van der Waals surface area contributed by atoms with E-state index in [1.807, 2.05) is 17.8 Å². The number of aromatic nitrogens is 2. The smallest absolute Gasteiger partial charge is 0.229 e. The second-order valence-electron chi connectivity index (χ2n) is 6.11. The molecule has 116 valence electrons. The second kappa shape index (κ2) is 5.98. The van der Waals surface area contributed by atoms with E-state index in [1.54, 1.807) is 18.0 Å². The van der Waals surface area contributed by atoms with Gasteiger partial charge < -0.3 is 20.1 Å². The van der Waals surface area contributed by atoms with Crippen LogP contribution < -0.4 is 10.6 Å². The molecule has 3 heterocycles. The fourth-order valence-corrected chi connectivity index (χ4v) is 4.25.